The molecule has 1 unspecified atom stereocenters. The Labute approximate surface area is 122 Å². The molecule has 0 bridgehead atoms. The molecule has 0 saturated carbocycles. The van der Waals surface area contributed by atoms with Gasteiger partial charge in [0.1, 0.15) is 11.0 Å². The maximum Gasteiger partial charge on any atom is 0.360 e. The summed E-state index contributed by atoms with van der Waals surface area (Å²) in [7, 11) is 2.73. The molecule has 0 aliphatic heterocycles. The van der Waals surface area contributed by atoms with Gasteiger partial charge in [0.15, 0.2) is 5.69 Å². The van der Waals surface area contributed by atoms with Gasteiger partial charge in [0.2, 0.25) is 0 Å². The average Bonchev–Trinajstić information content (AvgIpc) is 2.73. The van der Waals surface area contributed by atoms with Crippen molar-refractivity contribution in [3.05, 3.63) is 11.4 Å². The summed E-state index contributed by atoms with van der Waals surface area (Å²) in [6.07, 6.45) is -0.530. The molecule has 1 aromatic heterocycles. The molecular weight excluding hydrogens is 308 g/mol. The van der Waals surface area contributed by atoms with Crippen LogP contribution >= 0.6 is 10.7 Å². The smallest absolute Gasteiger partial charge is 0.360 e. The number of hydrogen-bond donors (Lipinski definition) is 1. The van der Waals surface area contributed by atoms with Crippen molar-refractivity contribution in [2.45, 2.75) is 37.7 Å². The first-order valence-electron chi connectivity index (χ1n) is 5.91. The number of aromatic nitrogens is 2. The fourth-order valence-corrected chi connectivity index (χ4v) is 3.00. The Morgan fingerprint density at radius 3 is 2.45 bits per heavy atom. The first-order chi connectivity index (χ1) is 9.18. The number of ether oxygens (including phenoxy) is 2. The highest BCUT2D eigenvalue weighted by atomic mass is 35.7. The second-order valence-corrected chi connectivity index (χ2v) is 7.08. The van der Waals surface area contributed by atoms with E-state index in [0.717, 1.165) is 0 Å². The van der Waals surface area contributed by atoms with Crippen LogP contribution in [0.15, 0.2) is 4.90 Å². The maximum absolute atomic E-state index is 11.9. The lowest BCUT2D eigenvalue weighted by Crippen LogP contribution is -2.21. The Hall–Kier alpha value is -1.12. The average molecular weight is 325 g/mol. The summed E-state index contributed by atoms with van der Waals surface area (Å²) in [5.41, 5.74) is -0.0713. The predicted octanol–water partition coefficient (Wildman–Crippen LogP) is 1.65. The second kappa shape index (κ2) is 6.55. The van der Waals surface area contributed by atoms with Crippen LogP contribution in [0.3, 0.4) is 0 Å². The molecule has 1 rings (SSSR count). The molecule has 1 N–H and O–H groups in total. The van der Waals surface area contributed by atoms with E-state index in [0.29, 0.717) is 0 Å². The normalized spacial score (nSPS) is 13.5. The molecule has 0 spiro atoms. The molecule has 1 atom stereocenters. The van der Waals surface area contributed by atoms with E-state index in [9.17, 15) is 13.2 Å². The van der Waals surface area contributed by atoms with Gasteiger partial charge in [-0.05, 0) is 12.8 Å². The molecule has 0 radical (unpaired) electrons. The number of nitrogens with zero attached hydrogens (tertiary/aromatic N) is 1. The molecule has 1 heterocycles. The van der Waals surface area contributed by atoms with Gasteiger partial charge in [-0.25, -0.2) is 13.2 Å². The lowest BCUT2D eigenvalue weighted by molar-refractivity contribution is 0.0110. The fraction of sp³-hybridized carbons (Fsp3) is 0.636. The minimum Gasteiger partial charge on any atom is -0.455 e. The molecular formula is C11H17ClN2O5S. The summed E-state index contributed by atoms with van der Waals surface area (Å²) in [4.78, 5) is 11.6. The molecule has 0 saturated heterocycles. The molecule has 114 valence electrons. The fourth-order valence-electron chi connectivity index (χ4n) is 1.63. The standard InChI is InChI=1S/C11H17ClN2O5S/c1-6(2)8-10(20(12,16)17)9(14-13-8)11(15)19-7(3)5-18-4/h6-7H,5H2,1-4H3,(H,13,14). The van der Waals surface area contributed by atoms with Crippen LogP contribution in [0.4, 0.5) is 0 Å². The number of carbonyl (C=O) groups excluding carboxylic acids is 1. The van der Waals surface area contributed by atoms with Crippen LogP contribution < -0.4 is 0 Å². The molecule has 0 fully saturated rings. The van der Waals surface area contributed by atoms with Gasteiger partial charge < -0.3 is 9.47 Å². The number of esters is 1. The van der Waals surface area contributed by atoms with Gasteiger partial charge in [-0.3, -0.25) is 5.10 Å². The van der Waals surface area contributed by atoms with Gasteiger partial charge in [0, 0.05) is 17.8 Å². The largest absolute Gasteiger partial charge is 0.455 e. The Kier molecular flexibility index (Phi) is 5.55. The van der Waals surface area contributed by atoms with Crippen molar-refractivity contribution in [3.8, 4) is 0 Å². The van der Waals surface area contributed by atoms with Crippen LogP contribution in [0.2, 0.25) is 0 Å². The topological polar surface area (TPSA) is 98.3 Å². The van der Waals surface area contributed by atoms with Gasteiger partial charge in [-0.1, -0.05) is 13.8 Å². The van der Waals surface area contributed by atoms with Gasteiger partial charge in [0.25, 0.3) is 9.05 Å². The number of hydrogen-bond acceptors (Lipinski definition) is 6. The molecule has 0 aliphatic carbocycles. The van der Waals surface area contributed by atoms with Gasteiger partial charge in [-0.15, -0.1) is 0 Å². The van der Waals surface area contributed by atoms with Gasteiger partial charge in [0.05, 0.1) is 12.3 Å². The SMILES string of the molecule is COCC(C)OC(=O)c1n[nH]c(C(C)C)c1S(=O)(=O)Cl. The second-order valence-electron chi connectivity index (χ2n) is 4.58. The number of halogens is 1. The summed E-state index contributed by atoms with van der Waals surface area (Å²) in [6, 6.07) is 0. The monoisotopic (exact) mass is 324 g/mol. The van der Waals surface area contributed by atoms with Crippen molar-refractivity contribution in [2.75, 3.05) is 13.7 Å². The molecule has 9 heteroatoms. The lowest BCUT2D eigenvalue weighted by atomic mass is 10.1. The summed E-state index contributed by atoms with van der Waals surface area (Å²) in [6.45, 7) is 5.31. The van der Waals surface area contributed by atoms with Gasteiger partial charge in [-0.2, -0.15) is 5.10 Å². The zero-order chi connectivity index (χ0) is 15.5. The van der Waals surface area contributed by atoms with E-state index in [1.54, 1.807) is 20.8 Å². The highest BCUT2D eigenvalue weighted by Crippen LogP contribution is 2.28. The number of nitrogens with one attached hydrogen (secondary N) is 1. The number of rotatable bonds is 6. The molecule has 1 aromatic rings. The summed E-state index contributed by atoms with van der Waals surface area (Å²) >= 11 is 0. The summed E-state index contributed by atoms with van der Waals surface area (Å²) < 4.78 is 33.1. The number of carbonyl (C=O) groups is 1. The third-order valence-corrected chi connectivity index (χ3v) is 3.84. The summed E-state index contributed by atoms with van der Waals surface area (Å²) in [5, 5.41) is 6.23. The van der Waals surface area contributed by atoms with Crippen LogP contribution in [0, 0.1) is 0 Å². The maximum atomic E-state index is 11.9. The zero-order valence-corrected chi connectivity index (χ0v) is 13.2. The van der Waals surface area contributed by atoms with E-state index in [4.69, 9.17) is 20.2 Å². The molecule has 0 aliphatic rings. The van der Waals surface area contributed by atoms with Crippen LogP contribution in [-0.2, 0) is 18.5 Å². The third kappa shape index (κ3) is 3.94. The Morgan fingerprint density at radius 1 is 1.40 bits per heavy atom. The molecule has 20 heavy (non-hydrogen) atoms. The Bertz CT molecular complexity index is 582. The van der Waals surface area contributed by atoms with Crippen molar-refractivity contribution in [1.29, 1.82) is 0 Å². The highest BCUT2D eigenvalue weighted by Gasteiger charge is 2.31. The van der Waals surface area contributed by atoms with Crippen LogP contribution in [0.1, 0.15) is 42.9 Å². The van der Waals surface area contributed by atoms with Crippen LogP contribution in [0.5, 0.6) is 0 Å². The first-order valence-corrected chi connectivity index (χ1v) is 8.22. The highest BCUT2D eigenvalue weighted by molar-refractivity contribution is 8.13. The van der Waals surface area contributed by atoms with Crippen molar-refractivity contribution in [3.63, 3.8) is 0 Å². The van der Waals surface area contributed by atoms with Crippen molar-refractivity contribution >= 4 is 25.7 Å². The number of aromatic amines is 1. The minimum absolute atomic E-state index is 0.191. The van der Waals surface area contributed by atoms with E-state index in [1.165, 1.54) is 7.11 Å². The number of H-pyrrole nitrogens is 1. The van der Waals surface area contributed by atoms with E-state index >= 15 is 0 Å². The Balaban J connectivity index is 3.16. The number of methoxy groups -OCH3 is 1. The minimum atomic E-state index is -4.11. The van der Waals surface area contributed by atoms with Crippen molar-refractivity contribution in [1.82, 2.24) is 10.2 Å². The molecule has 7 nitrogen and oxygen atoms in total. The first kappa shape index (κ1) is 16.9. The quantitative estimate of drug-likeness (QED) is 0.631. The lowest BCUT2D eigenvalue weighted by Gasteiger charge is -2.11. The van der Waals surface area contributed by atoms with Crippen molar-refractivity contribution < 1.29 is 22.7 Å². The zero-order valence-electron chi connectivity index (χ0n) is 11.6. The molecule has 0 amide bonds. The van der Waals surface area contributed by atoms with Crippen LogP contribution in [0.25, 0.3) is 0 Å². The molecule has 0 aromatic carbocycles. The van der Waals surface area contributed by atoms with E-state index in [-0.39, 0.29) is 28.8 Å². The van der Waals surface area contributed by atoms with Gasteiger partial charge >= 0.3 is 5.97 Å². The van der Waals surface area contributed by atoms with E-state index in [1.807, 2.05) is 0 Å². The van der Waals surface area contributed by atoms with E-state index < -0.39 is 21.1 Å². The third-order valence-electron chi connectivity index (χ3n) is 2.47. The Morgan fingerprint density at radius 2 is 2.00 bits per heavy atom. The summed E-state index contributed by atoms with van der Waals surface area (Å²) in [5.74, 6) is -1.05. The predicted molar refractivity (Wildman–Crippen MR) is 72.5 cm³/mol. The van der Waals surface area contributed by atoms with E-state index in [2.05, 4.69) is 10.2 Å². The van der Waals surface area contributed by atoms with Crippen molar-refractivity contribution in [2.24, 2.45) is 0 Å². The van der Waals surface area contributed by atoms with Crippen LogP contribution in [-0.4, -0.2) is 44.4 Å².